The number of hydrogen-bond acceptors (Lipinski definition) is 4. The molecule has 1 atom stereocenters. The van der Waals surface area contributed by atoms with Crippen molar-refractivity contribution in [3.05, 3.63) is 52.2 Å². The molecule has 2 heterocycles. The van der Waals surface area contributed by atoms with E-state index in [0.717, 1.165) is 35.6 Å². The highest BCUT2D eigenvalue weighted by Crippen LogP contribution is 2.21. The molecule has 1 fully saturated rings. The Morgan fingerprint density at radius 1 is 1.28 bits per heavy atom. The second-order valence-electron chi connectivity index (χ2n) is 6.13. The van der Waals surface area contributed by atoms with E-state index in [1.807, 2.05) is 41.8 Å². The third-order valence-corrected chi connectivity index (χ3v) is 5.30. The predicted molar refractivity (Wildman–Crippen MR) is 97.8 cm³/mol. The third-order valence-electron chi connectivity index (χ3n) is 4.44. The van der Waals surface area contributed by atoms with Gasteiger partial charge in [-0.1, -0.05) is 18.2 Å². The second kappa shape index (κ2) is 8.16. The number of carbonyl (C=O) groups is 2. The molecule has 1 aromatic heterocycles. The molecule has 1 unspecified atom stereocenters. The number of amides is 2. The minimum atomic E-state index is -0.143. The van der Waals surface area contributed by atoms with Crippen molar-refractivity contribution in [2.45, 2.75) is 19.4 Å². The monoisotopic (exact) mass is 358 g/mol. The Balaban J connectivity index is 1.53. The summed E-state index contributed by atoms with van der Waals surface area (Å²) in [6.07, 6.45) is 1.68. The number of ether oxygens (including phenoxy) is 1. The number of rotatable bonds is 5. The van der Waals surface area contributed by atoms with Crippen molar-refractivity contribution in [3.8, 4) is 5.75 Å². The number of thiophene rings is 1. The number of benzene rings is 1. The highest BCUT2D eigenvalue weighted by molar-refractivity contribution is 7.12. The van der Waals surface area contributed by atoms with E-state index in [1.54, 1.807) is 12.0 Å². The molecule has 6 heteroatoms. The van der Waals surface area contributed by atoms with Crippen LogP contribution in [0.1, 0.15) is 28.1 Å². The van der Waals surface area contributed by atoms with Crippen LogP contribution in [0.2, 0.25) is 0 Å². The van der Waals surface area contributed by atoms with Gasteiger partial charge in [0.1, 0.15) is 5.75 Å². The smallest absolute Gasteiger partial charge is 0.263 e. The molecule has 1 aliphatic heterocycles. The van der Waals surface area contributed by atoms with Crippen molar-refractivity contribution in [3.63, 3.8) is 0 Å². The van der Waals surface area contributed by atoms with Crippen LogP contribution in [0.25, 0.3) is 0 Å². The molecule has 25 heavy (non-hydrogen) atoms. The standard InChI is InChI=1S/C19H22N2O3S/c1-24-16-8-6-14(7-9-16)12-20-18(22)15-4-2-10-21(13-15)19(23)17-5-3-11-25-17/h3,5-9,11,15H,2,4,10,12-13H2,1H3,(H,20,22). The lowest BCUT2D eigenvalue weighted by molar-refractivity contribution is -0.126. The van der Waals surface area contributed by atoms with Crippen molar-refractivity contribution in [2.75, 3.05) is 20.2 Å². The van der Waals surface area contributed by atoms with E-state index < -0.39 is 0 Å². The van der Waals surface area contributed by atoms with E-state index in [0.29, 0.717) is 13.1 Å². The topological polar surface area (TPSA) is 58.6 Å². The van der Waals surface area contributed by atoms with Crippen LogP contribution >= 0.6 is 11.3 Å². The van der Waals surface area contributed by atoms with Crippen LogP contribution < -0.4 is 10.1 Å². The molecule has 0 spiro atoms. The normalized spacial score (nSPS) is 17.2. The van der Waals surface area contributed by atoms with Gasteiger partial charge in [-0.3, -0.25) is 9.59 Å². The molecule has 5 nitrogen and oxygen atoms in total. The van der Waals surface area contributed by atoms with Crippen LogP contribution in [0.5, 0.6) is 5.75 Å². The summed E-state index contributed by atoms with van der Waals surface area (Å²) in [5, 5.41) is 4.88. The van der Waals surface area contributed by atoms with E-state index >= 15 is 0 Å². The molecule has 2 amide bonds. The first-order chi connectivity index (χ1) is 12.2. The first-order valence-corrected chi connectivity index (χ1v) is 9.29. The van der Waals surface area contributed by atoms with E-state index in [4.69, 9.17) is 4.74 Å². The average molecular weight is 358 g/mol. The number of piperidine rings is 1. The van der Waals surface area contributed by atoms with Gasteiger partial charge in [-0.25, -0.2) is 0 Å². The summed E-state index contributed by atoms with van der Waals surface area (Å²) in [5.74, 6) is 0.697. The third kappa shape index (κ3) is 4.39. The molecular formula is C19H22N2O3S. The van der Waals surface area contributed by atoms with Crippen molar-refractivity contribution in [1.82, 2.24) is 10.2 Å². The molecule has 0 radical (unpaired) electrons. The summed E-state index contributed by atoms with van der Waals surface area (Å²) in [5.41, 5.74) is 1.02. The molecule has 0 bridgehead atoms. The molecule has 0 aliphatic carbocycles. The quantitative estimate of drug-likeness (QED) is 0.894. The van der Waals surface area contributed by atoms with Gasteiger partial charge in [0.2, 0.25) is 5.91 Å². The molecule has 1 aliphatic rings. The summed E-state index contributed by atoms with van der Waals surface area (Å²) in [7, 11) is 1.63. The average Bonchev–Trinajstić information content (AvgIpc) is 3.20. The lowest BCUT2D eigenvalue weighted by atomic mass is 9.97. The van der Waals surface area contributed by atoms with Gasteiger partial charge in [-0.05, 0) is 42.0 Å². The largest absolute Gasteiger partial charge is 0.497 e. The highest BCUT2D eigenvalue weighted by atomic mass is 32.1. The maximum absolute atomic E-state index is 12.5. The summed E-state index contributed by atoms with van der Waals surface area (Å²) < 4.78 is 5.13. The van der Waals surface area contributed by atoms with E-state index in [2.05, 4.69) is 5.32 Å². The Labute approximate surface area is 151 Å². The van der Waals surface area contributed by atoms with Crippen LogP contribution in [0.4, 0.5) is 0 Å². The minimum absolute atomic E-state index is 0.0134. The maximum atomic E-state index is 12.5. The molecule has 0 saturated carbocycles. The number of carbonyl (C=O) groups excluding carboxylic acids is 2. The molecule has 2 aromatic rings. The summed E-state index contributed by atoms with van der Waals surface area (Å²) in [6, 6.07) is 11.3. The Bertz CT molecular complexity index is 713. The van der Waals surface area contributed by atoms with Gasteiger partial charge in [-0.2, -0.15) is 0 Å². The molecular weight excluding hydrogens is 336 g/mol. The van der Waals surface area contributed by atoms with Gasteiger partial charge in [0.15, 0.2) is 0 Å². The fourth-order valence-electron chi connectivity index (χ4n) is 3.01. The lowest BCUT2D eigenvalue weighted by Crippen LogP contribution is -2.45. The zero-order valence-electron chi connectivity index (χ0n) is 14.2. The number of nitrogens with zero attached hydrogens (tertiary/aromatic N) is 1. The molecule has 1 N–H and O–H groups in total. The Morgan fingerprint density at radius 2 is 2.08 bits per heavy atom. The Kier molecular flexibility index (Phi) is 5.71. The maximum Gasteiger partial charge on any atom is 0.263 e. The second-order valence-corrected chi connectivity index (χ2v) is 7.08. The zero-order chi connectivity index (χ0) is 17.6. The number of hydrogen-bond donors (Lipinski definition) is 1. The number of nitrogens with one attached hydrogen (secondary N) is 1. The van der Waals surface area contributed by atoms with Crippen molar-refractivity contribution < 1.29 is 14.3 Å². The van der Waals surface area contributed by atoms with Crippen molar-refractivity contribution in [1.29, 1.82) is 0 Å². The van der Waals surface area contributed by atoms with E-state index in [1.165, 1.54) is 11.3 Å². The zero-order valence-corrected chi connectivity index (χ0v) is 15.1. The SMILES string of the molecule is COc1ccc(CNC(=O)C2CCCN(C(=O)c3cccs3)C2)cc1. The van der Waals surface area contributed by atoms with E-state index in [-0.39, 0.29) is 17.7 Å². The summed E-state index contributed by atoms with van der Waals surface area (Å²) >= 11 is 1.44. The van der Waals surface area contributed by atoms with Crippen LogP contribution in [-0.2, 0) is 11.3 Å². The van der Waals surface area contributed by atoms with Gasteiger partial charge in [0.05, 0.1) is 17.9 Å². The number of likely N-dealkylation sites (tertiary alicyclic amines) is 1. The van der Waals surface area contributed by atoms with E-state index in [9.17, 15) is 9.59 Å². The van der Waals surface area contributed by atoms with Gasteiger partial charge in [0, 0.05) is 19.6 Å². The van der Waals surface area contributed by atoms with Crippen LogP contribution in [0.3, 0.4) is 0 Å². The van der Waals surface area contributed by atoms with Crippen LogP contribution in [0, 0.1) is 5.92 Å². The summed E-state index contributed by atoms with van der Waals surface area (Å²) in [6.45, 7) is 1.70. The lowest BCUT2D eigenvalue weighted by Gasteiger charge is -2.31. The Hall–Kier alpha value is -2.34. The van der Waals surface area contributed by atoms with Crippen LogP contribution in [-0.4, -0.2) is 36.9 Å². The Morgan fingerprint density at radius 3 is 2.76 bits per heavy atom. The van der Waals surface area contributed by atoms with Crippen LogP contribution in [0.15, 0.2) is 41.8 Å². The van der Waals surface area contributed by atoms with Crippen molar-refractivity contribution >= 4 is 23.2 Å². The van der Waals surface area contributed by atoms with Gasteiger partial charge in [0.25, 0.3) is 5.91 Å². The van der Waals surface area contributed by atoms with Gasteiger partial charge < -0.3 is 15.0 Å². The molecule has 1 saturated heterocycles. The highest BCUT2D eigenvalue weighted by Gasteiger charge is 2.29. The van der Waals surface area contributed by atoms with Gasteiger partial charge >= 0.3 is 0 Å². The first kappa shape index (κ1) is 17.5. The summed E-state index contributed by atoms with van der Waals surface area (Å²) in [4.78, 5) is 27.5. The van der Waals surface area contributed by atoms with Crippen molar-refractivity contribution in [2.24, 2.45) is 5.92 Å². The minimum Gasteiger partial charge on any atom is -0.497 e. The number of methoxy groups -OCH3 is 1. The predicted octanol–water partition coefficient (Wildman–Crippen LogP) is 2.93. The fraction of sp³-hybridized carbons (Fsp3) is 0.368. The van der Waals surface area contributed by atoms with Gasteiger partial charge in [-0.15, -0.1) is 11.3 Å². The molecule has 3 rings (SSSR count). The first-order valence-electron chi connectivity index (χ1n) is 8.41. The fourth-order valence-corrected chi connectivity index (χ4v) is 3.70. The molecule has 132 valence electrons. The molecule has 1 aromatic carbocycles.